The van der Waals surface area contributed by atoms with Crippen LogP contribution in [0.5, 0.6) is 0 Å². The van der Waals surface area contributed by atoms with Crippen molar-refractivity contribution in [3.05, 3.63) is 58.7 Å². The minimum Gasteiger partial charge on any atom is -0.266 e. The molecule has 1 N–H and O–H groups in total. The van der Waals surface area contributed by atoms with Crippen molar-refractivity contribution in [2.75, 3.05) is 4.72 Å². The molecule has 18 heavy (non-hydrogen) atoms. The van der Waals surface area contributed by atoms with Gasteiger partial charge in [0.25, 0.3) is 0 Å². The Hall–Kier alpha value is -1.40. The Kier molecular flexibility index (Phi) is 3.98. The van der Waals surface area contributed by atoms with Gasteiger partial charge in [0.05, 0.1) is 10.2 Å². The topological polar surface area (TPSA) is 59.1 Å². The van der Waals surface area contributed by atoms with Crippen LogP contribution in [0.25, 0.3) is 0 Å². The molecule has 0 unspecified atom stereocenters. The van der Waals surface area contributed by atoms with Gasteiger partial charge < -0.3 is 0 Å². The zero-order valence-electron chi connectivity index (χ0n) is 9.38. The van der Waals surface area contributed by atoms with Gasteiger partial charge >= 0.3 is 0 Å². The monoisotopic (exact) mass is 326 g/mol. The average molecular weight is 327 g/mol. The van der Waals surface area contributed by atoms with Gasteiger partial charge in [0.1, 0.15) is 0 Å². The van der Waals surface area contributed by atoms with Gasteiger partial charge in [-0.3, -0.25) is 4.72 Å². The number of rotatable bonds is 4. The number of aromatic nitrogens is 1. The maximum atomic E-state index is 11.9. The lowest BCUT2D eigenvalue weighted by Crippen LogP contribution is -2.16. The van der Waals surface area contributed by atoms with E-state index in [9.17, 15) is 8.42 Å². The molecule has 1 heterocycles. The number of anilines is 1. The van der Waals surface area contributed by atoms with Crippen LogP contribution in [0, 0.1) is 0 Å². The number of benzene rings is 1. The molecule has 0 atom stereocenters. The van der Waals surface area contributed by atoms with Crippen LogP contribution in [0.2, 0.25) is 0 Å². The number of nitrogens with one attached hydrogen (secondary N) is 1. The van der Waals surface area contributed by atoms with Crippen LogP contribution in [0.1, 0.15) is 5.56 Å². The smallest absolute Gasteiger partial charge is 0.238 e. The molecule has 0 aliphatic heterocycles. The summed E-state index contributed by atoms with van der Waals surface area (Å²) in [5, 5.41) is 0. The molecule has 0 fully saturated rings. The molecule has 0 spiro atoms. The van der Waals surface area contributed by atoms with Crippen LogP contribution in [-0.2, 0) is 15.8 Å². The van der Waals surface area contributed by atoms with Crippen molar-refractivity contribution < 1.29 is 8.42 Å². The summed E-state index contributed by atoms with van der Waals surface area (Å²) in [5.74, 6) is 0.227. The van der Waals surface area contributed by atoms with E-state index in [1.165, 1.54) is 6.20 Å². The average Bonchev–Trinajstić information content (AvgIpc) is 2.32. The molecule has 0 bridgehead atoms. The van der Waals surface area contributed by atoms with Crippen LogP contribution < -0.4 is 4.72 Å². The van der Waals surface area contributed by atoms with E-state index in [-0.39, 0.29) is 5.75 Å². The Morgan fingerprint density at radius 1 is 1.11 bits per heavy atom. The summed E-state index contributed by atoms with van der Waals surface area (Å²) in [5.41, 5.74) is 0.733. The molecule has 1 aromatic carbocycles. The summed E-state index contributed by atoms with van der Waals surface area (Å²) >= 11 is 3.24. The van der Waals surface area contributed by atoms with Gasteiger partial charge in [-0.05, 0) is 33.6 Å². The van der Waals surface area contributed by atoms with Crippen LogP contribution in [0.15, 0.2) is 53.1 Å². The van der Waals surface area contributed by atoms with E-state index < -0.39 is 10.0 Å². The third kappa shape index (κ3) is 3.54. The molecule has 0 saturated heterocycles. The standard InChI is InChI=1S/C12H11BrN2O2S/c13-11-7-4-8-14-12(11)15-18(16,17)9-10-5-2-1-3-6-10/h1-8H,9H2,(H,14,15). The summed E-state index contributed by atoms with van der Waals surface area (Å²) in [6, 6.07) is 12.5. The summed E-state index contributed by atoms with van der Waals surface area (Å²) in [4.78, 5) is 3.97. The number of sulfonamides is 1. The lowest BCUT2D eigenvalue weighted by Gasteiger charge is -2.08. The van der Waals surface area contributed by atoms with Crippen molar-refractivity contribution in [3.63, 3.8) is 0 Å². The van der Waals surface area contributed by atoms with Crippen LogP contribution in [0.4, 0.5) is 5.82 Å². The van der Waals surface area contributed by atoms with Crippen molar-refractivity contribution in [2.45, 2.75) is 5.75 Å². The highest BCUT2D eigenvalue weighted by Crippen LogP contribution is 2.20. The van der Waals surface area contributed by atoms with E-state index >= 15 is 0 Å². The van der Waals surface area contributed by atoms with E-state index in [4.69, 9.17) is 0 Å². The number of hydrogen-bond acceptors (Lipinski definition) is 3. The Labute approximate surface area is 114 Å². The Bertz CT molecular complexity index is 630. The molecule has 6 heteroatoms. The molecule has 94 valence electrons. The molecule has 4 nitrogen and oxygen atoms in total. The third-order valence-corrected chi connectivity index (χ3v) is 4.07. The van der Waals surface area contributed by atoms with Crippen LogP contribution >= 0.6 is 15.9 Å². The minimum atomic E-state index is -3.45. The van der Waals surface area contributed by atoms with E-state index in [1.807, 2.05) is 18.2 Å². The Morgan fingerprint density at radius 2 is 1.83 bits per heavy atom. The lowest BCUT2D eigenvalue weighted by atomic mass is 10.2. The van der Waals surface area contributed by atoms with Crippen molar-refractivity contribution >= 4 is 31.8 Å². The van der Waals surface area contributed by atoms with Gasteiger partial charge in [-0.1, -0.05) is 30.3 Å². The minimum absolute atomic E-state index is 0.0726. The zero-order valence-corrected chi connectivity index (χ0v) is 11.8. The van der Waals surface area contributed by atoms with Gasteiger partial charge in [0.2, 0.25) is 10.0 Å². The SMILES string of the molecule is O=S(=O)(Cc1ccccc1)Nc1ncccc1Br. The van der Waals surface area contributed by atoms with E-state index in [0.717, 1.165) is 5.56 Å². The van der Waals surface area contributed by atoms with E-state index in [0.29, 0.717) is 10.3 Å². The first-order chi connectivity index (χ1) is 8.57. The number of pyridine rings is 1. The number of halogens is 1. The van der Waals surface area contributed by atoms with Gasteiger partial charge in [0.15, 0.2) is 5.82 Å². The lowest BCUT2D eigenvalue weighted by molar-refractivity contribution is 0.600. The first-order valence-corrected chi connectivity index (χ1v) is 7.66. The predicted octanol–water partition coefficient (Wildman–Crippen LogP) is 2.79. The molecule has 1 aromatic heterocycles. The molecule has 2 aromatic rings. The van der Waals surface area contributed by atoms with Crippen molar-refractivity contribution in [2.24, 2.45) is 0 Å². The van der Waals surface area contributed by atoms with Crippen molar-refractivity contribution in [1.29, 1.82) is 0 Å². The Balaban J connectivity index is 2.16. The van der Waals surface area contributed by atoms with E-state index in [1.54, 1.807) is 24.3 Å². The van der Waals surface area contributed by atoms with Gasteiger partial charge in [-0.25, -0.2) is 13.4 Å². The normalized spacial score (nSPS) is 11.2. The van der Waals surface area contributed by atoms with Crippen LogP contribution in [-0.4, -0.2) is 13.4 Å². The first kappa shape index (κ1) is 13.0. The van der Waals surface area contributed by atoms with Gasteiger partial charge in [0, 0.05) is 6.20 Å². The fourth-order valence-electron chi connectivity index (χ4n) is 1.44. The van der Waals surface area contributed by atoms with Gasteiger partial charge in [-0.15, -0.1) is 0 Å². The number of nitrogens with zero attached hydrogens (tertiary/aromatic N) is 1. The summed E-state index contributed by atoms with van der Waals surface area (Å²) in [6.07, 6.45) is 1.53. The molecule has 2 rings (SSSR count). The zero-order chi connectivity index (χ0) is 13.0. The van der Waals surface area contributed by atoms with Crippen LogP contribution in [0.3, 0.4) is 0 Å². The maximum absolute atomic E-state index is 11.9. The molecule has 0 amide bonds. The molecular formula is C12H11BrN2O2S. The summed E-state index contributed by atoms with van der Waals surface area (Å²) < 4.78 is 27.0. The molecular weight excluding hydrogens is 316 g/mol. The second-order valence-electron chi connectivity index (χ2n) is 3.68. The summed E-state index contributed by atoms with van der Waals surface area (Å²) in [6.45, 7) is 0. The quantitative estimate of drug-likeness (QED) is 0.939. The molecule has 0 saturated carbocycles. The molecule has 0 aliphatic rings. The molecule has 0 aliphatic carbocycles. The summed E-state index contributed by atoms with van der Waals surface area (Å²) in [7, 11) is -3.45. The van der Waals surface area contributed by atoms with E-state index in [2.05, 4.69) is 25.6 Å². The second-order valence-corrected chi connectivity index (χ2v) is 6.26. The number of hydrogen-bond donors (Lipinski definition) is 1. The fraction of sp³-hybridized carbons (Fsp3) is 0.0833. The highest BCUT2D eigenvalue weighted by molar-refractivity contribution is 9.10. The third-order valence-electron chi connectivity index (χ3n) is 2.21. The highest BCUT2D eigenvalue weighted by Gasteiger charge is 2.13. The Morgan fingerprint density at radius 3 is 2.50 bits per heavy atom. The highest BCUT2D eigenvalue weighted by atomic mass is 79.9. The fourth-order valence-corrected chi connectivity index (χ4v) is 3.08. The van der Waals surface area contributed by atoms with Crippen molar-refractivity contribution in [1.82, 2.24) is 4.98 Å². The van der Waals surface area contributed by atoms with Crippen molar-refractivity contribution in [3.8, 4) is 0 Å². The maximum Gasteiger partial charge on any atom is 0.238 e. The van der Waals surface area contributed by atoms with Gasteiger partial charge in [-0.2, -0.15) is 0 Å². The largest absolute Gasteiger partial charge is 0.266 e. The molecule has 0 radical (unpaired) electrons. The second kappa shape index (κ2) is 5.49. The predicted molar refractivity (Wildman–Crippen MR) is 74.6 cm³/mol. The first-order valence-electron chi connectivity index (χ1n) is 5.22.